The number of aliphatic hydroxyl groups is 1. The molecule has 0 radical (unpaired) electrons. The second-order valence-electron chi connectivity index (χ2n) is 19.7. The van der Waals surface area contributed by atoms with Gasteiger partial charge in [0.15, 0.2) is 25.4 Å². The van der Waals surface area contributed by atoms with Crippen LogP contribution in [0, 0.1) is 17.7 Å². The van der Waals surface area contributed by atoms with Gasteiger partial charge in [-0.05, 0) is 114 Å². The van der Waals surface area contributed by atoms with Crippen molar-refractivity contribution in [3.63, 3.8) is 0 Å². The van der Waals surface area contributed by atoms with Gasteiger partial charge in [0.25, 0.3) is 5.88 Å². The fraction of sp³-hybridized carbons (Fsp3) is 0.489. The topological polar surface area (TPSA) is 141 Å². The van der Waals surface area contributed by atoms with Gasteiger partial charge in [0, 0.05) is 34.4 Å². The second-order valence-corrected chi connectivity index (χ2v) is 24.5. The minimum absolute atomic E-state index is 0.00779. The summed E-state index contributed by atoms with van der Waals surface area (Å²) in [6, 6.07) is 14.0. The Bertz CT molecular complexity index is 2460. The van der Waals surface area contributed by atoms with E-state index in [9.17, 15) is 9.90 Å². The first kappa shape index (κ1) is 42.8. The first-order valence-corrected chi connectivity index (χ1v) is 24.0. The molecule has 3 aromatic carbocycles. The first-order chi connectivity index (χ1) is 28.6. The van der Waals surface area contributed by atoms with Crippen LogP contribution in [0.25, 0.3) is 16.5 Å². The lowest BCUT2D eigenvalue weighted by molar-refractivity contribution is -0.140. The van der Waals surface area contributed by atoms with Crippen LogP contribution in [0.2, 0.25) is 18.1 Å². The standard InChI is InChI=1S/C47H56FN3O9Si/c1-45(2,3)58-44(55)57-39-30-21-27(24-51-19-14-20-51)17-18-29(30)36(48)31-22-28-23-32-37(50(7)8)40-35(43(49-59-40)56-25-26-15-12-11-13-16-26)42(54)47(32,60-61(9,10)46(4,5)6)41(53)33(28)38(52)34(31)39/h11-13,15-18,21,28,32,37,52H,14,19-20,22-25H2,1-10H3/t28-,32-,37-,47-/m0/s1. The molecule has 0 unspecified atom stereocenters. The lowest BCUT2D eigenvalue weighted by Crippen LogP contribution is -2.68. The Labute approximate surface area is 357 Å². The molecule has 12 nitrogen and oxygen atoms in total. The maximum absolute atomic E-state index is 17.1. The number of halogens is 1. The van der Waals surface area contributed by atoms with Crippen LogP contribution in [0.4, 0.5) is 9.18 Å². The van der Waals surface area contributed by atoms with Crippen LogP contribution >= 0.6 is 0 Å². The molecule has 4 aromatic rings. The normalized spacial score (nSPS) is 23.0. The molecule has 1 saturated heterocycles. The molecule has 0 spiro atoms. The summed E-state index contributed by atoms with van der Waals surface area (Å²) in [6.45, 7) is 17.6. The van der Waals surface area contributed by atoms with Gasteiger partial charge in [0.05, 0.1) is 11.6 Å². The van der Waals surface area contributed by atoms with E-state index in [0.29, 0.717) is 6.54 Å². The number of aliphatic hydroxyl groups excluding tert-OH is 1. The number of ketones is 2. The molecule has 4 aliphatic rings. The number of likely N-dealkylation sites (tertiary alicyclic amines) is 1. The van der Waals surface area contributed by atoms with Crippen LogP contribution in [0.3, 0.4) is 0 Å². The van der Waals surface area contributed by atoms with Gasteiger partial charge >= 0.3 is 6.16 Å². The minimum Gasteiger partial charge on any atom is -0.507 e. The van der Waals surface area contributed by atoms with Crippen LogP contribution in [0.15, 0.2) is 58.6 Å². The van der Waals surface area contributed by atoms with E-state index in [1.807, 2.05) is 89.3 Å². The van der Waals surface area contributed by atoms with Crippen molar-refractivity contribution < 1.29 is 47.0 Å². The van der Waals surface area contributed by atoms with E-state index in [2.05, 4.69) is 10.1 Å². The van der Waals surface area contributed by atoms with E-state index in [-0.39, 0.29) is 69.9 Å². The highest BCUT2D eigenvalue weighted by atomic mass is 28.4. The molecule has 3 aliphatic carbocycles. The molecule has 14 heteroatoms. The quantitative estimate of drug-likeness (QED) is 0.0743. The van der Waals surface area contributed by atoms with Crippen LogP contribution in [-0.2, 0) is 33.5 Å². The summed E-state index contributed by atoms with van der Waals surface area (Å²) in [4.78, 5) is 49.2. The Hall–Kier alpha value is -4.89. The van der Waals surface area contributed by atoms with Crippen LogP contribution in [-0.4, -0.2) is 84.5 Å². The summed E-state index contributed by atoms with van der Waals surface area (Å²) < 4.78 is 48.1. The lowest BCUT2D eigenvalue weighted by Gasteiger charge is -2.55. The third kappa shape index (κ3) is 7.28. The number of nitrogens with zero attached hydrogens (tertiary/aromatic N) is 3. The smallest absolute Gasteiger partial charge is 0.507 e. The molecule has 0 amide bonds. The molecule has 2 fully saturated rings. The highest BCUT2D eigenvalue weighted by Crippen LogP contribution is 2.59. The van der Waals surface area contributed by atoms with Crippen molar-refractivity contribution in [2.75, 3.05) is 27.2 Å². The maximum atomic E-state index is 17.1. The number of benzene rings is 3. The van der Waals surface area contributed by atoms with E-state index in [0.717, 1.165) is 30.6 Å². The van der Waals surface area contributed by atoms with E-state index >= 15 is 14.0 Å². The van der Waals surface area contributed by atoms with Crippen LogP contribution in [0.1, 0.15) is 98.8 Å². The molecule has 324 valence electrons. The monoisotopic (exact) mass is 853 g/mol. The van der Waals surface area contributed by atoms with Crippen molar-refractivity contribution in [2.45, 2.75) is 109 Å². The molecule has 8 rings (SSSR count). The summed E-state index contributed by atoms with van der Waals surface area (Å²) in [5.74, 6) is -4.08. The zero-order valence-electron chi connectivity index (χ0n) is 36.7. The average molecular weight is 854 g/mol. The number of ether oxygens (including phenoxy) is 3. The van der Waals surface area contributed by atoms with Crippen molar-refractivity contribution in [1.29, 1.82) is 0 Å². The molecular formula is C47H56FN3O9Si. The first-order valence-electron chi connectivity index (χ1n) is 21.1. The summed E-state index contributed by atoms with van der Waals surface area (Å²) in [7, 11) is 0.644. The van der Waals surface area contributed by atoms with E-state index < -0.39 is 71.7 Å². The SMILES string of the molecule is CN(C)[C@@H]1c2onc(OCc3ccccc3)c2C(=O)[C@@]2(O[Si](C)(C)C(C)(C)C)C(=O)C3=C(O)c4c(c(F)c5ccc(CN6CCC6)cc5c4OC(=O)OC(C)(C)C)C[C@H]3C[C@@H]12. The van der Waals surface area contributed by atoms with Gasteiger partial charge in [0.1, 0.15) is 29.3 Å². The molecule has 1 aromatic heterocycles. The minimum atomic E-state index is -3.02. The highest BCUT2D eigenvalue weighted by Gasteiger charge is 2.69. The van der Waals surface area contributed by atoms with Gasteiger partial charge < -0.3 is 28.3 Å². The van der Waals surface area contributed by atoms with Crippen molar-refractivity contribution in [2.24, 2.45) is 11.8 Å². The summed E-state index contributed by atoms with van der Waals surface area (Å²) in [6.07, 6.45) is 0.141. The number of Topliss-reactive ketones (excluding diaryl/α,β-unsaturated/α-hetero) is 2. The largest absolute Gasteiger partial charge is 0.514 e. The van der Waals surface area contributed by atoms with Crippen molar-refractivity contribution in [1.82, 2.24) is 15.0 Å². The average Bonchev–Trinajstić information content (AvgIpc) is 3.57. The number of hydrogen-bond acceptors (Lipinski definition) is 12. The van der Waals surface area contributed by atoms with Gasteiger partial charge in [-0.15, -0.1) is 0 Å². The molecule has 2 heterocycles. The highest BCUT2D eigenvalue weighted by molar-refractivity contribution is 6.74. The molecule has 0 bridgehead atoms. The van der Waals surface area contributed by atoms with Gasteiger partial charge in [-0.25, -0.2) is 9.18 Å². The van der Waals surface area contributed by atoms with E-state index in [1.165, 1.54) is 0 Å². The Morgan fingerprint density at radius 2 is 1.70 bits per heavy atom. The molecule has 61 heavy (non-hydrogen) atoms. The van der Waals surface area contributed by atoms with Gasteiger partial charge in [0.2, 0.25) is 11.6 Å². The van der Waals surface area contributed by atoms with Gasteiger partial charge in [-0.2, -0.15) is 0 Å². The molecule has 1 saturated carbocycles. The van der Waals surface area contributed by atoms with Crippen LogP contribution in [0.5, 0.6) is 11.6 Å². The lowest BCUT2D eigenvalue weighted by atomic mass is 9.57. The van der Waals surface area contributed by atoms with Gasteiger partial charge in [-0.1, -0.05) is 63.2 Å². The maximum Gasteiger partial charge on any atom is 0.514 e. The second kappa shape index (κ2) is 15.2. The Morgan fingerprint density at radius 3 is 2.33 bits per heavy atom. The number of carbonyl (C=O) groups is 3. The van der Waals surface area contributed by atoms with Crippen molar-refractivity contribution in [3.05, 3.63) is 93.5 Å². The zero-order chi connectivity index (χ0) is 44.0. The number of fused-ring (bicyclic) bond motifs is 5. The summed E-state index contributed by atoms with van der Waals surface area (Å²) in [5.41, 5.74) is -1.50. The number of carbonyl (C=O) groups excluding carboxylic acids is 3. The molecule has 1 N–H and O–H groups in total. The zero-order valence-corrected chi connectivity index (χ0v) is 37.7. The third-order valence-corrected chi connectivity index (χ3v) is 17.6. The summed E-state index contributed by atoms with van der Waals surface area (Å²) >= 11 is 0. The predicted molar refractivity (Wildman–Crippen MR) is 230 cm³/mol. The Morgan fingerprint density at radius 1 is 1.00 bits per heavy atom. The van der Waals surface area contributed by atoms with Crippen molar-refractivity contribution in [3.8, 4) is 11.6 Å². The molecule has 4 atom stereocenters. The number of rotatable bonds is 9. The number of aromatic nitrogens is 1. The van der Waals surface area contributed by atoms with Gasteiger partial charge in [-0.3, -0.25) is 19.4 Å². The Kier molecular flexibility index (Phi) is 10.6. The fourth-order valence-corrected chi connectivity index (χ4v) is 10.6. The van der Waals surface area contributed by atoms with E-state index in [1.54, 1.807) is 32.9 Å². The number of hydrogen-bond donors (Lipinski definition) is 1. The fourth-order valence-electron chi connectivity index (χ4n) is 9.16. The third-order valence-electron chi connectivity index (χ3n) is 13.2. The molecule has 1 aliphatic heterocycles. The summed E-state index contributed by atoms with van der Waals surface area (Å²) in [5, 5.41) is 16.9. The van der Waals surface area contributed by atoms with E-state index in [4.69, 9.17) is 23.2 Å². The predicted octanol–water partition coefficient (Wildman–Crippen LogP) is 9.36. The van der Waals surface area contributed by atoms with Crippen LogP contribution < -0.4 is 9.47 Å². The van der Waals surface area contributed by atoms with Crippen molar-refractivity contribution >= 4 is 42.6 Å². The Balaban J connectivity index is 1.34. The molecular weight excluding hydrogens is 798 g/mol.